The van der Waals surface area contributed by atoms with E-state index in [9.17, 15) is 9.59 Å². The lowest BCUT2D eigenvalue weighted by molar-refractivity contribution is -0.141. The average Bonchev–Trinajstić information content (AvgIpc) is 2.31. The van der Waals surface area contributed by atoms with Crippen LogP contribution in [0.2, 0.25) is 0 Å². The molecule has 0 saturated carbocycles. The Hall–Kier alpha value is -1.34. The van der Waals surface area contributed by atoms with Gasteiger partial charge in [0.15, 0.2) is 0 Å². The molecule has 0 unspecified atom stereocenters. The Labute approximate surface area is 108 Å². The Kier molecular flexibility index (Phi) is 9.99. The number of likely N-dealkylation sites (N-methyl/N-ethyl adjacent to an activating group) is 1. The van der Waals surface area contributed by atoms with Crippen LogP contribution in [0.4, 0.5) is 4.79 Å². The highest BCUT2D eigenvalue weighted by molar-refractivity contribution is 5.80. The summed E-state index contributed by atoms with van der Waals surface area (Å²) in [5.74, 6) is -0.449. The summed E-state index contributed by atoms with van der Waals surface area (Å²) >= 11 is 0. The molecule has 7 nitrogen and oxygen atoms in total. The van der Waals surface area contributed by atoms with Crippen LogP contribution in [0.1, 0.15) is 6.92 Å². The van der Waals surface area contributed by atoms with Gasteiger partial charge in [0.25, 0.3) is 0 Å². The number of nitrogens with zero attached hydrogens (tertiary/aromatic N) is 1. The van der Waals surface area contributed by atoms with Gasteiger partial charge in [0, 0.05) is 13.1 Å². The van der Waals surface area contributed by atoms with E-state index in [-0.39, 0.29) is 6.54 Å². The van der Waals surface area contributed by atoms with Gasteiger partial charge in [-0.15, -0.1) is 0 Å². The highest BCUT2D eigenvalue weighted by Crippen LogP contribution is 1.78. The van der Waals surface area contributed by atoms with E-state index in [1.54, 1.807) is 6.92 Å². The van der Waals surface area contributed by atoms with Crippen molar-refractivity contribution in [3.05, 3.63) is 0 Å². The molecule has 0 aliphatic heterocycles. The molecule has 0 aliphatic rings. The second-order valence-corrected chi connectivity index (χ2v) is 3.83. The first-order valence-electron chi connectivity index (χ1n) is 5.96. The molecule has 0 spiro atoms. The van der Waals surface area contributed by atoms with E-state index in [0.717, 1.165) is 6.54 Å². The molecule has 0 atom stereocenters. The first-order chi connectivity index (χ1) is 8.56. The van der Waals surface area contributed by atoms with E-state index >= 15 is 0 Å². The SMILES string of the molecule is CCOC(=O)CNC(=O)NCCOCCN(C)C. The van der Waals surface area contributed by atoms with E-state index in [4.69, 9.17) is 4.74 Å². The Bertz CT molecular complexity index is 246. The third-order valence-electron chi connectivity index (χ3n) is 1.91. The molecule has 0 bridgehead atoms. The summed E-state index contributed by atoms with van der Waals surface area (Å²) in [5.41, 5.74) is 0. The molecule has 18 heavy (non-hydrogen) atoms. The molecule has 0 heterocycles. The molecule has 2 N–H and O–H groups in total. The first kappa shape index (κ1) is 16.7. The van der Waals surface area contributed by atoms with Crippen molar-refractivity contribution in [3.8, 4) is 0 Å². The molecule has 0 radical (unpaired) electrons. The van der Waals surface area contributed by atoms with Crippen molar-refractivity contribution in [2.75, 3.05) is 53.6 Å². The van der Waals surface area contributed by atoms with Gasteiger partial charge in [-0.1, -0.05) is 0 Å². The lowest BCUT2D eigenvalue weighted by Crippen LogP contribution is -2.40. The normalized spacial score (nSPS) is 10.2. The Balaban J connectivity index is 3.34. The zero-order valence-electron chi connectivity index (χ0n) is 11.3. The predicted molar refractivity (Wildman–Crippen MR) is 67.4 cm³/mol. The number of ether oxygens (including phenoxy) is 2. The number of urea groups is 1. The van der Waals surface area contributed by atoms with Crippen molar-refractivity contribution in [3.63, 3.8) is 0 Å². The number of rotatable bonds is 9. The number of carbonyl (C=O) groups is 2. The smallest absolute Gasteiger partial charge is 0.325 e. The minimum Gasteiger partial charge on any atom is -0.465 e. The van der Waals surface area contributed by atoms with Gasteiger partial charge in [-0.25, -0.2) is 4.79 Å². The van der Waals surface area contributed by atoms with Crippen molar-refractivity contribution in [1.82, 2.24) is 15.5 Å². The number of carbonyl (C=O) groups excluding carboxylic acids is 2. The van der Waals surface area contributed by atoms with Crippen LogP contribution in [0.25, 0.3) is 0 Å². The highest BCUT2D eigenvalue weighted by Gasteiger charge is 2.04. The molecular weight excluding hydrogens is 238 g/mol. The fraction of sp³-hybridized carbons (Fsp3) is 0.818. The topological polar surface area (TPSA) is 79.9 Å². The maximum Gasteiger partial charge on any atom is 0.325 e. The van der Waals surface area contributed by atoms with Gasteiger partial charge in [-0.2, -0.15) is 0 Å². The summed E-state index contributed by atoms with van der Waals surface area (Å²) in [4.78, 5) is 24.1. The third-order valence-corrected chi connectivity index (χ3v) is 1.91. The van der Waals surface area contributed by atoms with Crippen LogP contribution in [0, 0.1) is 0 Å². The summed E-state index contributed by atoms with van der Waals surface area (Å²) in [7, 11) is 3.93. The van der Waals surface area contributed by atoms with E-state index in [0.29, 0.717) is 26.4 Å². The van der Waals surface area contributed by atoms with E-state index in [2.05, 4.69) is 15.4 Å². The quantitative estimate of drug-likeness (QED) is 0.429. The molecule has 2 amide bonds. The molecule has 0 aromatic heterocycles. The molecule has 0 aromatic carbocycles. The largest absolute Gasteiger partial charge is 0.465 e. The number of amides is 2. The van der Waals surface area contributed by atoms with E-state index in [1.807, 2.05) is 19.0 Å². The fourth-order valence-electron chi connectivity index (χ4n) is 1.01. The Morgan fingerprint density at radius 2 is 1.89 bits per heavy atom. The molecule has 0 aromatic rings. The lowest BCUT2D eigenvalue weighted by Gasteiger charge is -2.10. The van der Waals surface area contributed by atoms with Crippen LogP contribution < -0.4 is 10.6 Å². The molecule has 0 rings (SSSR count). The maximum atomic E-state index is 11.2. The monoisotopic (exact) mass is 261 g/mol. The van der Waals surface area contributed by atoms with Gasteiger partial charge < -0.3 is 25.0 Å². The molecular formula is C11H23N3O4. The zero-order chi connectivity index (χ0) is 13.8. The van der Waals surface area contributed by atoms with Crippen LogP contribution in [0.3, 0.4) is 0 Å². The average molecular weight is 261 g/mol. The van der Waals surface area contributed by atoms with Gasteiger partial charge in [0.2, 0.25) is 0 Å². The number of nitrogens with one attached hydrogen (secondary N) is 2. The molecule has 0 saturated heterocycles. The van der Waals surface area contributed by atoms with Gasteiger partial charge in [0.1, 0.15) is 6.54 Å². The van der Waals surface area contributed by atoms with Crippen molar-refractivity contribution < 1.29 is 19.1 Å². The van der Waals surface area contributed by atoms with Crippen LogP contribution >= 0.6 is 0 Å². The fourth-order valence-corrected chi connectivity index (χ4v) is 1.01. The maximum absolute atomic E-state index is 11.2. The molecule has 106 valence electrons. The number of hydrogen-bond donors (Lipinski definition) is 2. The van der Waals surface area contributed by atoms with Crippen molar-refractivity contribution in [2.24, 2.45) is 0 Å². The predicted octanol–water partition coefficient (Wildman–Crippen LogP) is -0.573. The number of esters is 1. The second-order valence-electron chi connectivity index (χ2n) is 3.83. The summed E-state index contributed by atoms with van der Waals surface area (Å²) in [6.45, 7) is 4.21. The number of hydrogen-bond acceptors (Lipinski definition) is 5. The van der Waals surface area contributed by atoms with Gasteiger partial charge in [-0.3, -0.25) is 4.79 Å². The molecule has 0 aliphatic carbocycles. The van der Waals surface area contributed by atoms with Crippen LogP contribution in [-0.4, -0.2) is 70.5 Å². The minimum atomic E-state index is -0.449. The van der Waals surface area contributed by atoms with Gasteiger partial charge in [-0.05, 0) is 21.0 Å². The van der Waals surface area contributed by atoms with Crippen molar-refractivity contribution in [2.45, 2.75) is 6.92 Å². The van der Waals surface area contributed by atoms with E-state index in [1.165, 1.54) is 0 Å². The van der Waals surface area contributed by atoms with Crippen LogP contribution in [-0.2, 0) is 14.3 Å². The van der Waals surface area contributed by atoms with Crippen molar-refractivity contribution >= 4 is 12.0 Å². The lowest BCUT2D eigenvalue weighted by atomic mass is 10.6. The van der Waals surface area contributed by atoms with Crippen LogP contribution in [0.15, 0.2) is 0 Å². The second kappa shape index (κ2) is 10.8. The Morgan fingerprint density at radius 3 is 2.50 bits per heavy atom. The standard InChI is InChI=1S/C11H23N3O4/c1-4-18-10(15)9-13-11(16)12-5-7-17-8-6-14(2)3/h4-9H2,1-3H3,(H2,12,13,16). The molecule has 7 heteroatoms. The van der Waals surface area contributed by atoms with E-state index < -0.39 is 12.0 Å². The van der Waals surface area contributed by atoms with Crippen LogP contribution in [0.5, 0.6) is 0 Å². The third kappa shape index (κ3) is 11.2. The van der Waals surface area contributed by atoms with Gasteiger partial charge in [0.05, 0.1) is 19.8 Å². The summed E-state index contributed by atoms with van der Waals surface area (Å²) in [5, 5.41) is 4.96. The summed E-state index contributed by atoms with van der Waals surface area (Å²) in [6, 6.07) is -0.403. The first-order valence-corrected chi connectivity index (χ1v) is 5.96. The summed E-state index contributed by atoms with van der Waals surface area (Å²) < 4.78 is 9.94. The Morgan fingerprint density at radius 1 is 1.17 bits per heavy atom. The van der Waals surface area contributed by atoms with Crippen molar-refractivity contribution in [1.29, 1.82) is 0 Å². The zero-order valence-corrected chi connectivity index (χ0v) is 11.3. The minimum absolute atomic E-state index is 0.124. The molecule has 0 fully saturated rings. The highest BCUT2D eigenvalue weighted by atomic mass is 16.5. The summed E-state index contributed by atoms with van der Waals surface area (Å²) in [6.07, 6.45) is 0. The van der Waals surface area contributed by atoms with Gasteiger partial charge >= 0.3 is 12.0 Å².